The number of fused-ring (bicyclic) bond motifs is 1. The first-order chi connectivity index (χ1) is 10.6. The highest BCUT2D eigenvalue weighted by Gasteiger charge is 2.32. The van der Waals surface area contributed by atoms with Crippen molar-refractivity contribution in [1.82, 2.24) is 0 Å². The maximum absolute atomic E-state index is 6.25. The Morgan fingerprint density at radius 2 is 1.77 bits per heavy atom. The molecule has 3 nitrogen and oxygen atoms in total. The van der Waals surface area contributed by atoms with Gasteiger partial charge in [0.2, 0.25) is 0 Å². The lowest BCUT2D eigenvalue weighted by Gasteiger charge is -2.42. The molecule has 0 saturated heterocycles. The summed E-state index contributed by atoms with van der Waals surface area (Å²) >= 11 is 0. The first kappa shape index (κ1) is 14.8. The van der Waals surface area contributed by atoms with Crippen molar-refractivity contribution < 1.29 is 4.74 Å². The van der Waals surface area contributed by atoms with Crippen molar-refractivity contribution in [3.05, 3.63) is 54.1 Å². The number of nitrogens with zero attached hydrogens (tertiary/aromatic N) is 1. The van der Waals surface area contributed by atoms with Gasteiger partial charge in [0.1, 0.15) is 17.5 Å². The lowest BCUT2D eigenvalue weighted by atomic mass is 9.99. The van der Waals surface area contributed by atoms with E-state index >= 15 is 0 Å². The van der Waals surface area contributed by atoms with E-state index in [9.17, 15) is 0 Å². The van der Waals surface area contributed by atoms with Crippen LogP contribution in [0.2, 0.25) is 0 Å². The van der Waals surface area contributed by atoms with Crippen LogP contribution in [0.5, 0.6) is 5.75 Å². The monoisotopic (exact) mass is 296 g/mol. The van der Waals surface area contributed by atoms with E-state index in [0.717, 1.165) is 23.7 Å². The number of nitrogens with two attached hydrogens (primary N) is 1. The third kappa shape index (κ3) is 2.63. The van der Waals surface area contributed by atoms with Gasteiger partial charge in [-0.3, -0.25) is 0 Å². The van der Waals surface area contributed by atoms with Gasteiger partial charge in [0.25, 0.3) is 0 Å². The molecule has 22 heavy (non-hydrogen) atoms. The van der Waals surface area contributed by atoms with Crippen LogP contribution in [0.15, 0.2) is 48.5 Å². The number of hydrogen-bond donors (Lipinski definition) is 1. The van der Waals surface area contributed by atoms with Crippen LogP contribution in [0.25, 0.3) is 0 Å². The van der Waals surface area contributed by atoms with E-state index in [1.807, 2.05) is 18.2 Å². The average Bonchev–Trinajstić information content (AvgIpc) is 2.54. The smallest absolute Gasteiger partial charge is 0.145 e. The molecule has 0 fully saturated rings. The molecule has 0 aliphatic carbocycles. The molecule has 3 rings (SSSR count). The van der Waals surface area contributed by atoms with Crippen LogP contribution < -0.4 is 15.4 Å². The number of nitrogen functional groups attached to an aromatic ring is 1. The maximum atomic E-state index is 6.25. The largest absolute Gasteiger partial charge is 0.486 e. The van der Waals surface area contributed by atoms with E-state index in [-0.39, 0.29) is 12.1 Å². The number of anilines is 2. The van der Waals surface area contributed by atoms with Gasteiger partial charge >= 0.3 is 0 Å². The second-order valence-corrected chi connectivity index (χ2v) is 6.33. The van der Waals surface area contributed by atoms with Crippen molar-refractivity contribution in [3.63, 3.8) is 0 Å². The highest BCUT2D eigenvalue weighted by atomic mass is 16.5. The molecule has 0 saturated carbocycles. The molecule has 3 heteroatoms. The Morgan fingerprint density at radius 3 is 2.45 bits per heavy atom. The summed E-state index contributed by atoms with van der Waals surface area (Å²) in [5.41, 5.74) is 9.34. The molecule has 2 unspecified atom stereocenters. The highest BCUT2D eigenvalue weighted by molar-refractivity contribution is 5.76. The fraction of sp³-hybridized carbons (Fsp3) is 0.368. The molecule has 2 atom stereocenters. The van der Waals surface area contributed by atoms with Crippen molar-refractivity contribution >= 4 is 11.4 Å². The minimum atomic E-state index is 0.181. The van der Waals surface area contributed by atoms with Gasteiger partial charge < -0.3 is 15.4 Å². The molecule has 2 aromatic carbocycles. The number of para-hydroxylation sites is 1. The van der Waals surface area contributed by atoms with Gasteiger partial charge in [-0.15, -0.1) is 0 Å². The fourth-order valence-corrected chi connectivity index (χ4v) is 3.04. The van der Waals surface area contributed by atoms with Crippen LogP contribution >= 0.6 is 0 Å². The molecule has 1 heterocycles. The maximum Gasteiger partial charge on any atom is 0.145 e. The Balaban J connectivity index is 2.02. The normalized spacial score (nSPS) is 18.7. The van der Waals surface area contributed by atoms with Gasteiger partial charge in [-0.25, -0.2) is 0 Å². The summed E-state index contributed by atoms with van der Waals surface area (Å²) in [4.78, 5) is 2.38. The predicted molar refractivity (Wildman–Crippen MR) is 92.3 cm³/mol. The van der Waals surface area contributed by atoms with Crippen molar-refractivity contribution in [1.29, 1.82) is 0 Å². The standard InChI is InChI=1S/C19H24N2O/c1-13(2)18-12-21(14(3)15-8-5-4-6-9-15)19-16(20)10-7-11-17(19)22-18/h4-11,13-14,18H,12,20H2,1-3H3. The molecule has 0 radical (unpaired) electrons. The van der Waals surface area contributed by atoms with E-state index in [2.05, 4.69) is 56.0 Å². The van der Waals surface area contributed by atoms with Gasteiger partial charge in [-0.05, 0) is 30.5 Å². The molecular weight excluding hydrogens is 272 g/mol. The van der Waals surface area contributed by atoms with Crippen LogP contribution in [0.3, 0.4) is 0 Å². The van der Waals surface area contributed by atoms with Crippen LogP contribution in [0, 0.1) is 5.92 Å². The Hall–Kier alpha value is -2.16. The first-order valence-corrected chi connectivity index (χ1v) is 7.94. The molecule has 0 bridgehead atoms. The summed E-state index contributed by atoms with van der Waals surface area (Å²) < 4.78 is 6.17. The Labute approximate surface area is 132 Å². The van der Waals surface area contributed by atoms with Crippen molar-refractivity contribution in [2.75, 3.05) is 17.2 Å². The van der Waals surface area contributed by atoms with Gasteiger partial charge in [0.05, 0.1) is 18.3 Å². The molecule has 1 aliphatic rings. The summed E-state index contributed by atoms with van der Waals surface area (Å²) in [7, 11) is 0. The summed E-state index contributed by atoms with van der Waals surface area (Å²) in [5.74, 6) is 1.35. The molecule has 1 aliphatic heterocycles. The predicted octanol–water partition coefficient (Wildman–Crippen LogP) is 4.25. The summed E-state index contributed by atoms with van der Waals surface area (Å²) in [6.45, 7) is 7.49. The lowest BCUT2D eigenvalue weighted by Crippen LogP contribution is -2.44. The van der Waals surface area contributed by atoms with E-state index in [0.29, 0.717) is 5.92 Å². The zero-order valence-electron chi connectivity index (χ0n) is 13.5. The average molecular weight is 296 g/mol. The second-order valence-electron chi connectivity index (χ2n) is 6.33. The van der Waals surface area contributed by atoms with E-state index in [1.165, 1.54) is 5.56 Å². The molecule has 0 amide bonds. The molecule has 116 valence electrons. The summed E-state index contributed by atoms with van der Waals surface area (Å²) in [5, 5.41) is 0. The van der Waals surface area contributed by atoms with E-state index < -0.39 is 0 Å². The van der Waals surface area contributed by atoms with Gasteiger partial charge in [-0.2, -0.15) is 0 Å². The Morgan fingerprint density at radius 1 is 1.05 bits per heavy atom. The van der Waals surface area contributed by atoms with Crippen molar-refractivity contribution in [2.45, 2.75) is 32.9 Å². The second kappa shape index (κ2) is 5.91. The SMILES string of the molecule is CC(C)C1CN(C(C)c2ccccc2)c2c(N)cccc2O1. The molecule has 0 aromatic heterocycles. The zero-order chi connectivity index (χ0) is 15.7. The molecular formula is C19H24N2O. The minimum absolute atomic E-state index is 0.181. The van der Waals surface area contributed by atoms with Crippen molar-refractivity contribution in [2.24, 2.45) is 5.92 Å². The van der Waals surface area contributed by atoms with Crippen LogP contribution in [0.1, 0.15) is 32.4 Å². The van der Waals surface area contributed by atoms with Gasteiger partial charge in [0, 0.05) is 0 Å². The summed E-state index contributed by atoms with van der Waals surface area (Å²) in [6.07, 6.45) is 0.181. The van der Waals surface area contributed by atoms with Crippen molar-refractivity contribution in [3.8, 4) is 5.75 Å². The van der Waals surface area contributed by atoms with Crippen LogP contribution in [-0.2, 0) is 0 Å². The first-order valence-electron chi connectivity index (χ1n) is 7.94. The Bertz CT molecular complexity index is 639. The van der Waals surface area contributed by atoms with E-state index in [4.69, 9.17) is 10.5 Å². The minimum Gasteiger partial charge on any atom is -0.486 e. The third-order valence-corrected chi connectivity index (χ3v) is 4.47. The molecule has 2 aromatic rings. The van der Waals surface area contributed by atoms with Gasteiger partial charge in [-0.1, -0.05) is 50.2 Å². The number of rotatable bonds is 3. The number of ether oxygens (including phenoxy) is 1. The fourth-order valence-electron chi connectivity index (χ4n) is 3.04. The van der Waals surface area contributed by atoms with E-state index in [1.54, 1.807) is 0 Å². The van der Waals surface area contributed by atoms with Crippen LogP contribution in [0.4, 0.5) is 11.4 Å². The summed E-state index contributed by atoms with van der Waals surface area (Å²) in [6, 6.07) is 16.7. The van der Waals surface area contributed by atoms with Crippen LogP contribution in [-0.4, -0.2) is 12.6 Å². The Kier molecular flexibility index (Phi) is 3.97. The van der Waals surface area contributed by atoms with Gasteiger partial charge in [0.15, 0.2) is 0 Å². The third-order valence-electron chi connectivity index (χ3n) is 4.47. The lowest BCUT2D eigenvalue weighted by molar-refractivity contribution is 0.143. The number of hydrogen-bond acceptors (Lipinski definition) is 3. The zero-order valence-corrected chi connectivity index (χ0v) is 13.5. The molecule has 2 N–H and O–H groups in total. The molecule has 0 spiro atoms. The topological polar surface area (TPSA) is 38.5 Å². The highest BCUT2D eigenvalue weighted by Crippen LogP contribution is 2.43. The number of benzene rings is 2. The quantitative estimate of drug-likeness (QED) is 0.860.